The Balaban J connectivity index is 1.66. The molecule has 5 nitrogen and oxygen atoms in total. The third-order valence-corrected chi connectivity index (χ3v) is 7.54. The van der Waals surface area contributed by atoms with E-state index in [0.29, 0.717) is 6.42 Å². The minimum absolute atomic E-state index is 0.0297. The number of hydrogen-bond acceptors (Lipinski definition) is 4. The van der Waals surface area contributed by atoms with Crippen LogP contribution in [0.15, 0.2) is 24.3 Å². The van der Waals surface area contributed by atoms with Gasteiger partial charge in [0, 0.05) is 18.1 Å². The number of nitrogens with one attached hydrogen (secondary N) is 1. The Morgan fingerprint density at radius 3 is 2.41 bits per heavy atom. The number of carbonyl (C=O) groups is 1. The Labute approximate surface area is 161 Å². The first-order valence-electron chi connectivity index (χ1n) is 9.86. The maximum Gasteiger partial charge on any atom is 0.237 e. The second kappa shape index (κ2) is 8.69. The van der Waals surface area contributed by atoms with Gasteiger partial charge in [-0.15, -0.1) is 0 Å². The second-order valence-corrected chi connectivity index (χ2v) is 10.0. The fourth-order valence-corrected chi connectivity index (χ4v) is 5.97. The minimum Gasteiger partial charge on any atom is -0.335 e. The number of hydrogen-bond donors (Lipinski definition) is 1. The first kappa shape index (κ1) is 20.3. The van der Waals surface area contributed by atoms with Crippen LogP contribution in [0.1, 0.15) is 57.1 Å². The Hall–Kier alpha value is -1.47. The van der Waals surface area contributed by atoms with E-state index in [2.05, 4.69) is 5.32 Å². The summed E-state index contributed by atoms with van der Waals surface area (Å²) in [4.78, 5) is 14.9. The Morgan fingerprint density at radius 1 is 1.15 bits per heavy atom. The molecule has 7 heteroatoms. The number of rotatable bonds is 6. The molecule has 2 aliphatic rings. The highest BCUT2D eigenvalue weighted by molar-refractivity contribution is 7.91. The van der Waals surface area contributed by atoms with Crippen LogP contribution in [-0.2, 0) is 14.6 Å². The van der Waals surface area contributed by atoms with Gasteiger partial charge >= 0.3 is 0 Å². The van der Waals surface area contributed by atoms with Gasteiger partial charge in [0.2, 0.25) is 5.91 Å². The third kappa shape index (κ3) is 5.29. The Morgan fingerprint density at radius 2 is 1.81 bits per heavy atom. The first-order chi connectivity index (χ1) is 12.9. The summed E-state index contributed by atoms with van der Waals surface area (Å²) in [6.45, 7) is 2.09. The number of carbonyl (C=O) groups excluding carboxylic acids is 1. The van der Waals surface area contributed by atoms with E-state index in [1.807, 2.05) is 11.8 Å². The molecule has 0 bridgehead atoms. The number of sulfone groups is 1. The lowest BCUT2D eigenvalue weighted by Crippen LogP contribution is -2.51. The number of amides is 1. The molecule has 27 heavy (non-hydrogen) atoms. The van der Waals surface area contributed by atoms with Crippen molar-refractivity contribution in [3.63, 3.8) is 0 Å². The average molecular weight is 397 g/mol. The van der Waals surface area contributed by atoms with Crippen molar-refractivity contribution in [3.8, 4) is 0 Å². The van der Waals surface area contributed by atoms with Crippen LogP contribution in [-0.4, -0.2) is 49.4 Å². The van der Waals surface area contributed by atoms with Crippen molar-refractivity contribution >= 4 is 15.7 Å². The second-order valence-electron chi connectivity index (χ2n) is 7.80. The van der Waals surface area contributed by atoms with Gasteiger partial charge in [0.15, 0.2) is 9.84 Å². The summed E-state index contributed by atoms with van der Waals surface area (Å²) >= 11 is 0. The highest BCUT2D eigenvalue weighted by atomic mass is 32.2. The minimum atomic E-state index is -3.04. The predicted molar refractivity (Wildman–Crippen MR) is 104 cm³/mol. The van der Waals surface area contributed by atoms with Crippen molar-refractivity contribution in [1.82, 2.24) is 10.2 Å². The molecule has 0 spiro atoms. The maximum absolute atomic E-state index is 13.1. The summed E-state index contributed by atoms with van der Waals surface area (Å²) in [7, 11) is -3.04. The summed E-state index contributed by atoms with van der Waals surface area (Å²) in [5, 5.41) is 3.22. The van der Waals surface area contributed by atoms with E-state index in [4.69, 9.17) is 0 Å². The normalized spacial score (nSPS) is 23.9. The molecule has 1 saturated carbocycles. The van der Waals surface area contributed by atoms with Crippen LogP contribution in [0.3, 0.4) is 0 Å². The van der Waals surface area contributed by atoms with E-state index in [0.717, 1.165) is 31.2 Å². The SMILES string of the molecule is C[C@@H](NCC(=O)N(C1CCCCC1)[C@@H]1CCS(=O)(=O)C1)c1ccc(F)cc1. The molecule has 0 aromatic heterocycles. The van der Waals surface area contributed by atoms with Crippen molar-refractivity contribution in [2.45, 2.75) is 63.6 Å². The van der Waals surface area contributed by atoms with Crippen molar-refractivity contribution in [2.75, 3.05) is 18.1 Å². The van der Waals surface area contributed by atoms with Crippen LogP contribution in [0.2, 0.25) is 0 Å². The first-order valence-corrected chi connectivity index (χ1v) is 11.7. The molecule has 2 atom stereocenters. The van der Waals surface area contributed by atoms with Gasteiger partial charge in [0.05, 0.1) is 18.1 Å². The molecule has 3 rings (SSSR count). The topological polar surface area (TPSA) is 66.5 Å². The molecule has 1 N–H and O–H groups in total. The molecule has 1 aliphatic heterocycles. The Bertz CT molecular complexity index is 745. The molecular formula is C20H29FN2O3S. The lowest BCUT2D eigenvalue weighted by molar-refractivity contribution is -0.135. The van der Waals surface area contributed by atoms with E-state index in [9.17, 15) is 17.6 Å². The number of halogens is 1. The number of nitrogens with zero attached hydrogens (tertiary/aromatic N) is 1. The summed E-state index contributed by atoms with van der Waals surface area (Å²) in [5.74, 6) is -0.0537. The van der Waals surface area contributed by atoms with Gasteiger partial charge < -0.3 is 10.2 Å². The Kier molecular flexibility index (Phi) is 6.52. The van der Waals surface area contributed by atoms with Gasteiger partial charge in [-0.25, -0.2) is 12.8 Å². The highest BCUT2D eigenvalue weighted by Gasteiger charge is 2.38. The monoisotopic (exact) mass is 396 g/mol. The quantitative estimate of drug-likeness (QED) is 0.803. The molecule has 0 unspecified atom stereocenters. The highest BCUT2D eigenvalue weighted by Crippen LogP contribution is 2.28. The lowest BCUT2D eigenvalue weighted by atomic mass is 9.93. The van der Waals surface area contributed by atoms with E-state index in [1.165, 1.54) is 18.6 Å². The van der Waals surface area contributed by atoms with E-state index >= 15 is 0 Å². The van der Waals surface area contributed by atoms with Crippen LogP contribution in [0, 0.1) is 5.82 Å². The zero-order valence-corrected chi connectivity index (χ0v) is 16.7. The maximum atomic E-state index is 13.1. The molecule has 1 amide bonds. The molecule has 1 aliphatic carbocycles. The summed E-state index contributed by atoms with van der Waals surface area (Å²) in [5.41, 5.74) is 0.914. The van der Waals surface area contributed by atoms with Crippen LogP contribution in [0.4, 0.5) is 4.39 Å². The molecule has 1 heterocycles. The van der Waals surface area contributed by atoms with Crippen LogP contribution >= 0.6 is 0 Å². The molecule has 1 saturated heterocycles. The summed E-state index contributed by atoms with van der Waals surface area (Å²) < 4.78 is 37.0. The van der Waals surface area contributed by atoms with E-state index in [1.54, 1.807) is 12.1 Å². The van der Waals surface area contributed by atoms with Crippen molar-refractivity contribution < 1.29 is 17.6 Å². The van der Waals surface area contributed by atoms with Gasteiger partial charge in [-0.05, 0) is 43.9 Å². The molecule has 2 fully saturated rings. The van der Waals surface area contributed by atoms with Crippen LogP contribution in [0.5, 0.6) is 0 Å². The van der Waals surface area contributed by atoms with Crippen molar-refractivity contribution in [1.29, 1.82) is 0 Å². The van der Waals surface area contributed by atoms with Crippen LogP contribution in [0.25, 0.3) is 0 Å². The fraction of sp³-hybridized carbons (Fsp3) is 0.650. The largest absolute Gasteiger partial charge is 0.335 e. The average Bonchev–Trinajstić information content (AvgIpc) is 3.00. The fourth-order valence-electron chi connectivity index (χ4n) is 4.26. The van der Waals surface area contributed by atoms with Gasteiger partial charge in [0.1, 0.15) is 5.82 Å². The van der Waals surface area contributed by atoms with Crippen LogP contribution < -0.4 is 5.32 Å². The molecular weight excluding hydrogens is 367 g/mol. The lowest BCUT2D eigenvalue weighted by Gasteiger charge is -2.38. The molecule has 150 valence electrons. The zero-order chi connectivity index (χ0) is 19.4. The summed E-state index contributed by atoms with van der Waals surface area (Å²) in [6, 6.07) is 6.09. The molecule has 1 aromatic rings. The smallest absolute Gasteiger partial charge is 0.237 e. The summed E-state index contributed by atoms with van der Waals surface area (Å²) in [6.07, 6.45) is 5.81. The van der Waals surface area contributed by atoms with Gasteiger partial charge in [-0.2, -0.15) is 0 Å². The zero-order valence-electron chi connectivity index (χ0n) is 15.9. The van der Waals surface area contributed by atoms with Gasteiger partial charge in [0.25, 0.3) is 0 Å². The van der Waals surface area contributed by atoms with Gasteiger partial charge in [-0.3, -0.25) is 4.79 Å². The molecule has 1 aromatic carbocycles. The van der Waals surface area contributed by atoms with Crippen molar-refractivity contribution in [3.05, 3.63) is 35.6 Å². The predicted octanol–water partition coefficient (Wildman–Crippen LogP) is 2.82. The van der Waals surface area contributed by atoms with Gasteiger partial charge in [-0.1, -0.05) is 31.4 Å². The van der Waals surface area contributed by atoms with Crippen molar-refractivity contribution in [2.24, 2.45) is 0 Å². The van der Waals surface area contributed by atoms with E-state index in [-0.39, 0.29) is 47.9 Å². The standard InChI is InChI=1S/C20H29FN2O3S/c1-15(16-7-9-17(21)10-8-16)22-13-20(24)23(18-5-3-2-4-6-18)19-11-12-27(25,26)14-19/h7-10,15,18-19,22H,2-6,11-14H2,1H3/t15-,19-/m1/s1. The number of benzene rings is 1. The molecule has 0 radical (unpaired) electrons. The van der Waals surface area contributed by atoms with E-state index < -0.39 is 9.84 Å². The third-order valence-electron chi connectivity index (χ3n) is 5.79.